The second-order valence-electron chi connectivity index (χ2n) is 5.10. The first-order valence-electron chi connectivity index (χ1n) is 6.90. The molecule has 5 nitrogen and oxygen atoms in total. The molecule has 3 rings (SSSR count). The smallest absolute Gasteiger partial charge is 0.291 e. The lowest BCUT2D eigenvalue weighted by Gasteiger charge is -1.99. The summed E-state index contributed by atoms with van der Waals surface area (Å²) in [4.78, 5) is 12.3. The molecule has 2 aromatic heterocycles. The Kier molecular flexibility index (Phi) is 3.25. The molecular formula is C16H17N3O2. The molecule has 0 saturated heterocycles. The summed E-state index contributed by atoms with van der Waals surface area (Å²) in [6, 6.07) is 6.02. The molecule has 0 spiro atoms. The van der Waals surface area contributed by atoms with Crippen molar-refractivity contribution in [3.8, 4) is 0 Å². The third-order valence-electron chi connectivity index (χ3n) is 3.58. The van der Waals surface area contributed by atoms with E-state index in [4.69, 9.17) is 4.42 Å². The fourth-order valence-corrected chi connectivity index (χ4v) is 2.38. The Morgan fingerprint density at radius 3 is 2.90 bits per heavy atom. The predicted molar refractivity (Wildman–Crippen MR) is 81.5 cm³/mol. The van der Waals surface area contributed by atoms with E-state index in [9.17, 15) is 4.79 Å². The van der Waals surface area contributed by atoms with E-state index in [2.05, 4.69) is 23.4 Å². The van der Waals surface area contributed by atoms with Gasteiger partial charge in [-0.25, -0.2) is 0 Å². The van der Waals surface area contributed by atoms with Gasteiger partial charge in [0.05, 0.1) is 11.9 Å². The van der Waals surface area contributed by atoms with Crippen LogP contribution in [0.3, 0.4) is 0 Å². The van der Waals surface area contributed by atoms with Crippen molar-refractivity contribution in [2.75, 3.05) is 5.32 Å². The topological polar surface area (TPSA) is 60.1 Å². The number of anilines is 1. The van der Waals surface area contributed by atoms with Crippen LogP contribution in [0.15, 0.2) is 35.0 Å². The number of nitrogens with zero attached hydrogens (tertiary/aromatic N) is 2. The molecule has 0 atom stereocenters. The van der Waals surface area contributed by atoms with Gasteiger partial charge < -0.3 is 9.73 Å². The minimum absolute atomic E-state index is 0.255. The number of carbonyl (C=O) groups is 1. The lowest BCUT2D eigenvalue weighted by atomic mass is 10.1. The molecule has 0 saturated carbocycles. The van der Waals surface area contributed by atoms with Gasteiger partial charge in [0.1, 0.15) is 5.58 Å². The summed E-state index contributed by atoms with van der Waals surface area (Å²) in [5, 5.41) is 7.81. The SMILES string of the molecule is CCc1ccc2oc(C(=O)Nc3cnn(C)c3)c(C)c2c1. The minimum Gasteiger partial charge on any atom is -0.451 e. The molecule has 2 heterocycles. The van der Waals surface area contributed by atoms with Crippen LogP contribution in [0.25, 0.3) is 11.0 Å². The molecule has 0 unspecified atom stereocenters. The predicted octanol–water partition coefficient (Wildman–Crippen LogP) is 3.29. The van der Waals surface area contributed by atoms with Crippen LogP contribution >= 0.6 is 0 Å². The number of carbonyl (C=O) groups excluding carboxylic acids is 1. The van der Waals surface area contributed by atoms with Crippen molar-refractivity contribution in [2.24, 2.45) is 7.05 Å². The van der Waals surface area contributed by atoms with Gasteiger partial charge in [0, 0.05) is 24.2 Å². The van der Waals surface area contributed by atoms with Crippen molar-refractivity contribution >= 4 is 22.6 Å². The van der Waals surface area contributed by atoms with Crippen LogP contribution in [-0.4, -0.2) is 15.7 Å². The summed E-state index contributed by atoms with van der Waals surface area (Å²) in [6.45, 7) is 4.01. The number of hydrogen-bond donors (Lipinski definition) is 1. The van der Waals surface area contributed by atoms with Gasteiger partial charge in [0.25, 0.3) is 5.91 Å². The van der Waals surface area contributed by atoms with E-state index in [0.29, 0.717) is 11.4 Å². The number of hydrogen-bond acceptors (Lipinski definition) is 3. The zero-order chi connectivity index (χ0) is 15.0. The van der Waals surface area contributed by atoms with E-state index in [1.165, 1.54) is 5.56 Å². The Morgan fingerprint density at radius 1 is 1.43 bits per heavy atom. The quantitative estimate of drug-likeness (QED) is 0.802. The first-order valence-corrected chi connectivity index (χ1v) is 6.90. The van der Waals surface area contributed by atoms with E-state index in [1.54, 1.807) is 24.1 Å². The molecule has 0 aliphatic heterocycles. The Morgan fingerprint density at radius 2 is 2.24 bits per heavy atom. The second-order valence-corrected chi connectivity index (χ2v) is 5.10. The molecular weight excluding hydrogens is 266 g/mol. The number of amides is 1. The number of nitrogens with one attached hydrogen (secondary N) is 1. The van der Waals surface area contributed by atoms with Gasteiger partial charge in [0.15, 0.2) is 5.76 Å². The van der Waals surface area contributed by atoms with Crippen LogP contribution in [0.1, 0.15) is 28.6 Å². The maximum absolute atomic E-state index is 12.3. The average Bonchev–Trinajstić information content (AvgIpc) is 3.02. The van der Waals surface area contributed by atoms with Crippen LogP contribution in [0, 0.1) is 6.92 Å². The number of aromatic nitrogens is 2. The first-order chi connectivity index (χ1) is 10.1. The molecule has 5 heteroatoms. The molecule has 108 valence electrons. The van der Waals surface area contributed by atoms with E-state index < -0.39 is 0 Å². The van der Waals surface area contributed by atoms with Crippen LogP contribution in [0.2, 0.25) is 0 Å². The van der Waals surface area contributed by atoms with Crippen molar-refractivity contribution in [1.29, 1.82) is 0 Å². The summed E-state index contributed by atoms with van der Waals surface area (Å²) in [5.74, 6) is 0.0943. The van der Waals surface area contributed by atoms with E-state index in [-0.39, 0.29) is 5.91 Å². The molecule has 3 aromatic rings. The van der Waals surface area contributed by atoms with E-state index >= 15 is 0 Å². The molecule has 0 fully saturated rings. The van der Waals surface area contributed by atoms with Crippen LogP contribution in [-0.2, 0) is 13.5 Å². The highest BCUT2D eigenvalue weighted by atomic mass is 16.3. The Labute approximate surface area is 122 Å². The zero-order valence-corrected chi connectivity index (χ0v) is 12.3. The maximum atomic E-state index is 12.3. The average molecular weight is 283 g/mol. The Bertz CT molecular complexity index is 814. The molecule has 1 amide bonds. The lowest BCUT2D eigenvalue weighted by Crippen LogP contribution is -2.11. The number of rotatable bonds is 3. The fraction of sp³-hybridized carbons (Fsp3) is 0.250. The highest BCUT2D eigenvalue weighted by molar-refractivity contribution is 6.06. The summed E-state index contributed by atoms with van der Waals surface area (Å²) < 4.78 is 7.33. The summed E-state index contributed by atoms with van der Waals surface area (Å²) >= 11 is 0. The number of fused-ring (bicyclic) bond motifs is 1. The van der Waals surface area contributed by atoms with Gasteiger partial charge in [-0.15, -0.1) is 0 Å². The summed E-state index contributed by atoms with van der Waals surface area (Å²) in [6.07, 6.45) is 4.30. The minimum atomic E-state index is -0.255. The lowest BCUT2D eigenvalue weighted by molar-refractivity contribution is 0.0998. The third-order valence-corrected chi connectivity index (χ3v) is 3.58. The van der Waals surface area contributed by atoms with Gasteiger partial charge in [-0.1, -0.05) is 13.0 Å². The van der Waals surface area contributed by atoms with Crippen LogP contribution in [0.4, 0.5) is 5.69 Å². The van der Waals surface area contributed by atoms with Gasteiger partial charge in [-0.2, -0.15) is 5.10 Å². The zero-order valence-electron chi connectivity index (χ0n) is 12.3. The number of benzene rings is 1. The van der Waals surface area contributed by atoms with Crippen molar-refractivity contribution < 1.29 is 9.21 Å². The molecule has 0 aliphatic rings. The molecule has 0 aliphatic carbocycles. The fourth-order valence-electron chi connectivity index (χ4n) is 2.38. The van der Waals surface area contributed by atoms with Crippen molar-refractivity contribution in [3.63, 3.8) is 0 Å². The van der Waals surface area contributed by atoms with Crippen molar-refractivity contribution in [2.45, 2.75) is 20.3 Å². The Hall–Kier alpha value is -2.56. The maximum Gasteiger partial charge on any atom is 0.291 e. The number of aryl methyl sites for hydroxylation is 3. The molecule has 1 N–H and O–H groups in total. The van der Waals surface area contributed by atoms with E-state index in [0.717, 1.165) is 23.0 Å². The summed E-state index contributed by atoms with van der Waals surface area (Å²) in [5.41, 5.74) is 3.48. The number of furan rings is 1. The monoisotopic (exact) mass is 283 g/mol. The molecule has 0 radical (unpaired) electrons. The van der Waals surface area contributed by atoms with Crippen molar-refractivity contribution in [1.82, 2.24) is 9.78 Å². The van der Waals surface area contributed by atoms with E-state index in [1.807, 2.05) is 19.1 Å². The molecule has 1 aromatic carbocycles. The molecule has 0 bridgehead atoms. The van der Waals surface area contributed by atoms with Gasteiger partial charge >= 0.3 is 0 Å². The largest absolute Gasteiger partial charge is 0.451 e. The third kappa shape index (κ3) is 2.42. The van der Waals surface area contributed by atoms with Crippen LogP contribution in [0.5, 0.6) is 0 Å². The normalized spacial score (nSPS) is 11.0. The van der Waals surface area contributed by atoms with Crippen molar-refractivity contribution in [3.05, 3.63) is 47.5 Å². The highest BCUT2D eigenvalue weighted by Gasteiger charge is 2.18. The van der Waals surface area contributed by atoms with Gasteiger partial charge in [-0.3, -0.25) is 9.48 Å². The summed E-state index contributed by atoms with van der Waals surface area (Å²) in [7, 11) is 1.80. The second kappa shape index (κ2) is 5.09. The Balaban J connectivity index is 1.96. The molecule has 21 heavy (non-hydrogen) atoms. The van der Waals surface area contributed by atoms with Gasteiger partial charge in [-0.05, 0) is 31.0 Å². The standard InChI is InChI=1S/C16H17N3O2/c1-4-11-5-6-14-13(7-11)10(2)15(21-14)16(20)18-12-8-17-19(3)9-12/h5-9H,4H2,1-3H3,(H,18,20). The van der Waals surface area contributed by atoms with Gasteiger partial charge in [0.2, 0.25) is 0 Å². The highest BCUT2D eigenvalue weighted by Crippen LogP contribution is 2.27. The first kappa shape index (κ1) is 13.4. The van der Waals surface area contributed by atoms with Crippen LogP contribution < -0.4 is 5.32 Å².